The van der Waals surface area contributed by atoms with Crippen LogP contribution in [0, 0.1) is 0 Å². The fraction of sp³-hybridized carbons (Fsp3) is 0.192. The minimum absolute atomic E-state index is 0.125. The Labute approximate surface area is 189 Å². The Hall–Kier alpha value is -4.13. The number of rotatable bonds is 2. The second kappa shape index (κ2) is 8.43. The van der Waals surface area contributed by atoms with Crippen molar-refractivity contribution in [3.63, 3.8) is 0 Å². The van der Waals surface area contributed by atoms with E-state index in [0.29, 0.717) is 11.1 Å². The Morgan fingerprint density at radius 3 is 2.33 bits per heavy atom. The van der Waals surface area contributed by atoms with Crippen LogP contribution < -0.4 is 21.8 Å². The smallest absolute Gasteiger partial charge is 0.419 e. The molecular formula is C26H25N3O4. The molecule has 2 aromatic heterocycles. The highest BCUT2D eigenvalue weighted by Crippen LogP contribution is 2.23. The first kappa shape index (κ1) is 22.1. The van der Waals surface area contributed by atoms with Gasteiger partial charge in [0.25, 0.3) is 11.1 Å². The molecule has 0 amide bonds. The number of para-hydroxylation sites is 1. The molecule has 7 heteroatoms. The van der Waals surface area contributed by atoms with Gasteiger partial charge in [0.05, 0.1) is 5.52 Å². The molecule has 0 aliphatic carbocycles. The van der Waals surface area contributed by atoms with Crippen molar-refractivity contribution >= 4 is 29.1 Å². The highest BCUT2D eigenvalue weighted by atomic mass is 16.6. The van der Waals surface area contributed by atoms with E-state index in [0.717, 1.165) is 10.9 Å². The Morgan fingerprint density at radius 2 is 1.64 bits per heavy atom. The van der Waals surface area contributed by atoms with Crippen LogP contribution in [-0.4, -0.2) is 25.8 Å². The Balaban J connectivity index is 1.90. The highest BCUT2D eigenvalue weighted by molar-refractivity contribution is 5.95. The van der Waals surface area contributed by atoms with E-state index in [4.69, 9.17) is 4.74 Å². The van der Waals surface area contributed by atoms with E-state index < -0.39 is 11.7 Å². The van der Waals surface area contributed by atoms with Crippen molar-refractivity contribution in [3.05, 3.63) is 103 Å². The number of hydrogen-bond acceptors (Lipinski definition) is 4. The fourth-order valence-corrected chi connectivity index (χ4v) is 3.59. The molecule has 0 saturated heterocycles. The molecule has 0 saturated carbocycles. The number of carbonyl (C=O) groups is 1. The zero-order valence-electron chi connectivity index (χ0n) is 19.0. The molecule has 0 fully saturated rings. The van der Waals surface area contributed by atoms with Crippen LogP contribution in [0.15, 0.2) is 70.4 Å². The molecule has 4 aromatic rings. The number of fused-ring (bicyclic) bond motifs is 1. The Bertz CT molecular complexity index is 1580. The predicted octanol–water partition coefficient (Wildman–Crippen LogP) is 2.47. The van der Waals surface area contributed by atoms with Crippen LogP contribution >= 0.6 is 0 Å². The molecule has 2 heterocycles. The first-order chi connectivity index (χ1) is 15.6. The zero-order chi connectivity index (χ0) is 23.8. The van der Waals surface area contributed by atoms with Gasteiger partial charge in [0.1, 0.15) is 16.3 Å². The number of ether oxygens (including phenoxy) is 1. The Morgan fingerprint density at radius 1 is 0.970 bits per heavy atom. The standard InChI is InChI=1S/C26H25N3O4/c1-26(2,3)33-25(32)29-16-18(19-12-8-9-13-21(19)29)15-20-24(31)28(4)22(23(30)27-20)14-17-10-6-5-7-11-17/h5-16H,1-4H3,(H,27,30)/b20-15-,22-14-. The molecule has 2 aromatic carbocycles. The van der Waals surface area contributed by atoms with Crippen molar-refractivity contribution in [2.24, 2.45) is 7.05 Å². The van der Waals surface area contributed by atoms with Crippen molar-refractivity contribution in [1.82, 2.24) is 14.1 Å². The monoisotopic (exact) mass is 443 g/mol. The molecule has 0 spiro atoms. The molecule has 0 atom stereocenters. The van der Waals surface area contributed by atoms with Crippen molar-refractivity contribution in [2.45, 2.75) is 26.4 Å². The lowest BCUT2D eigenvalue weighted by molar-refractivity contribution is 0.0544. The third-order valence-electron chi connectivity index (χ3n) is 5.11. The molecule has 0 aliphatic heterocycles. The summed E-state index contributed by atoms with van der Waals surface area (Å²) in [5.74, 6) is 0. The van der Waals surface area contributed by atoms with Crippen LogP contribution in [0.4, 0.5) is 4.79 Å². The SMILES string of the molecule is Cn1c(=O)/c(=C/c2cn(C(=O)OC(C)(C)C)c3ccccc23)[nH]c(=O)/c1=C/c1ccccc1. The number of aromatic nitrogens is 3. The summed E-state index contributed by atoms with van der Waals surface area (Å²) in [5.41, 5.74) is 0.679. The number of hydrogen-bond donors (Lipinski definition) is 1. The minimum atomic E-state index is -0.654. The summed E-state index contributed by atoms with van der Waals surface area (Å²) in [5, 5.41) is 1.13. The average molecular weight is 444 g/mol. The number of benzene rings is 2. The van der Waals surface area contributed by atoms with Crippen LogP contribution in [0.3, 0.4) is 0 Å². The van der Waals surface area contributed by atoms with Crippen LogP contribution in [0.25, 0.3) is 23.1 Å². The lowest BCUT2D eigenvalue weighted by atomic mass is 10.1. The normalized spacial score (nSPS) is 13.0. The van der Waals surface area contributed by atoms with Gasteiger partial charge in [0.15, 0.2) is 0 Å². The number of nitrogens with zero attached hydrogens (tertiary/aromatic N) is 2. The van der Waals surface area contributed by atoms with Gasteiger partial charge >= 0.3 is 6.09 Å². The van der Waals surface area contributed by atoms with Crippen molar-refractivity contribution < 1.29 is 9.53 Å². The number of carbonyl (C=O) groups excluding carboxylic acids is 1. The molecule has 0 radical (unpaired) electrons. The van der Waals surface area contributed by atoms with Gasteiger partial charge in [-0.1, -0.05) is 48.5 Å². The number of aromatic amines is 1. The van der Waals surface area contributed by atoms with Crippen molar-refractivity contribution in [2.75, 3.05) is 0 Å². The molecular weight excluding hydrogens is 418 g/mol. The lowest BCUT2D eigenvalue weighted by Gasteiger charge is -2.19. The second-order valence-corrected chi connectivity index (χ2v) is 8.77. The van der Waals surface area contributed by atoms with Gasteiger partial charge in [-0.2, -0.15) is 0 Å². The molecule has 168 valence electrons. The number of H-pyrrole nitrogens is 1. The summed E-state index contributed by atoms with van der Waals surface area (Å²) in [6.45, 7) is 5.39. The second-order valence-electron chi connectivity index (χ2n) is 8.77. The first-order valence-electron chi connectivity index (χ1n) is 10.6. The molecule has 7 nitrogen and oxygen atoms in total. The largest absolute Gasteiger partial charge is 0.443 e. The predicted molar refractivity (Wildman–Crippen MR) is 129 cm³/mol. The summed E-state index contributed by atoms with van der Waals surface area (Å²) < 4.78 is 8.25. The third-order valence-corrected chi connectivity index (χ3v) is 5.11. The van der Waals surface area contributed by atoms with Gasteiger partial charge < -0.3 is 14.3 Å². The third kappa shape index (κ3) is 4.57. The van der Waals surface area contributed by atoms with E-state index in [1.807, 2.05) is 48.5 Å². The van der Waals surface area contributed by atoms with E-state index >= 15 is 0 Å². The van der Waals surface area contributed by atoms with Gasteiger partial charge in [0, 0.05) is 24.2 Å². The molecule has 1 N–H and O–H groups in total. The van der Waals surface area contributed by atoms with Gasteiger partial charge in [-0.05, 0) is 44.6 Å². The van der Waals surface area contributed by atoms with E-state index in [-0.39, 0.29) is 21.8 Å². The van der Waals surface area contributed by atoms with E-state index in [1.54, 1.807) is 52.2 Å². The summed E-state index contributed by atoms with van der Waals surface area (Å²) >= 11 is 0. The molecule has 0 bridgehead atoms. The van der Waals surface area contributed by atoms with Gasteiger partial charge in [0.2, 0.25) is 0 Å². The fourth-order valence-electron chi connectivity index (χ4n) is 3.59. The van der Waals surface area contributed by atoms with Crippen LogP contribution in [0.5, 0.6) is 0 Å². The maximum absolute atomic E-state index is 13.0. The van der Waals surface area contributed by atoms with Crippen LogP contribution in [0.2, 0.25) is 0 Å². The first-order valence-corrected chi connectivity index (χ1v) is 10.6. The lowest BCUT2D eigenvalue weighted by Crippen LogP contribution is -2.52. The van der Waals surface area contributed by atoms with Crippen LogP contribution in [-0.2, 0) is 11.8 Å². The molecule has 33 heavy (non-hydrogen) atoms. The minimum Gasteiger partial charge on any atom is -0.443 e. The maximum Gasteiger partial charge on any atom is 0.419 e. The van der Waals surface area contributed by atoms with Crippen molar-refractivity contribution in [1.29, 1.82) is 0 Å². The quantitative estimate of drug-likeness (QED) is 0.516. The molecule has 4 rings (SSSR count). The summed E-state index contributed by atoms with van der Waals surface area (Å²) in [7, 11) is 1.56. The maximum atomic E-state index is 13.0. The van der Waals surface area contributed by atoms with Gasteiger partial charge in [-0.15, -0.1) is 0 Å². The summed E-state index contributed by atoms with van der Waals surface area (Å²) in [6.07, 6.45) is 4.34. The van der Waals surface area contributed by atoms with Crippen LogP contribution in [0.1, 0.15) is 31.9 Å². The van der Waals surface area contributed by atoms with Crippen molar-refractivity contribution in [3.8, 4) is 0 Å². The Kier molecular flexibility index (Phi) is 5.64. The van der Waals surface area contributed by atoms with Gasteiger partial charge in [-0.3, -0.25) is 14.2 Å². The van der Waals surface area contributed by atoms with E-state index in [9.17, 15) is 14.4 Å². The highest BCUT2D eigenvalue weighted by Gasteiger charge is 2.20. The summed E-state index contributed by atoms with van der Waals surface area (Å²) in [4.78, 5) is 41.3. The van der Waals surface area contributed by atoms with E-state index in [2.05, 4.69) is 4.98 Å². The average Bonchev–Trinajstić information content (AvgIpc) is 3.13. The molecule has 0 aliphatic rings. The van der Waals surface area contributed by atoms with E-state index in [1.165, 1.54) is 9.13 Å². The number of nitrogens with one attached hydrogen (secondary N) is 1. The topological polar surface area (TPSA) is 86.1 Å². The molecule has 0 unspecified atom stereocenters. The zero-order valence-corrected chi connectivity index (χ0v) is 19.0. The summed E-state index contributed by atoms with van der Waals surface area (Å²) in [6, 6.07) is 16.6. The van der Waals surface area contributed by atoms with Gasteiger partial charge in [-0.25, -0.2) is 4.79 Å².